The van der Waals surface area contributed by atoms with Crippen LogP contribution in [0.3, 0.4) is 0 Å². The van der Waals surface area contributed by atoms with E-state index >= 15 is 0 Å². The summed E-state index contributed by atoms with van der Waals surface area (Å²) in [5.74, 6) is 3.43. The lowest BCUT2D eigenvalue weighted by Crippen LogP contribution is -2.31. The predicted octanol–water partition coefficient (Wildman–Crippen LogP) is 2.97. The summed E-state index contributed by atoms with van der Waals surface area (Å²) in [6.45, 7) is 1.26. The number of likely N-dealkylation sites (tertiary alicyclic amines) is 1. The molecule has 1 fully saturated rings. The van der Waals surface area contributed by atoms with Gasteiger partial charge in [0.05, 0.1) is 7.11 Å². The molecule has 0 spiro atoms. The third-order valence-electron chi connectivity index (χ3n) is 4.53. The molecule has 19 heavy (non-hydrogen) atoms. The molecule has 0 aromatic heterocycles. The van der Waals surface area contributed by atoms with Gasteiger partial charge in [0.2, 0.25) is 0 Å². The quantitative estimate of drug-likeness (QED) is 0.921. The number of nitrogens with zero attached hydrogens (tertiary/aromatic N) is 1. The summed E-state index contributed by atoms with van der Waals surface area (Å²) in [7, 11) is 3.28. The first-order valence-corrected chi connectivity index (χ1v) is 9.36. The van der Waals surface area contributed by atoms with Crippen LogP contribution >= 0.6 is 10.0 Å². The smallest absolute Gasteiger partial charge is 0.120 e. The molecule has 0 bridgehead atoms. The molecule has 1 unspecified atom stereocenters. The zero-order chi connectivity index (χ0) is 13.5. The normalized spacial score (nSPS) is 33.5. The molecule has 1 saturated heterocycles. The van der Waals surface area contributed by atoms with Gasteiger partial charge >= 0.3 is 0 Å². The van der Waals surface area contributed by atoms with Crippen LogP contribution in [0, 0.1) is 0 Å². The Bertz CT molecular complexity index is 479. The maximum absolute atomic E-state index is 5.40. The average Bonchev–Trinajstić information content (AvgIpc) is 2.95. The van der Waals surface area contributed by atoms with Crippen molar-refractivity contribution in [2.75, 3.05) is 43.9 Å². The molecule has 2 heterocycles. The largest absolute Gasteiger partial charge is 0.497 e. The van der Waals surface area contributed by atoms with E-state index in [1.165, 1.54) is 35.7 Å². The number of benzene rings is 1. The van der Waals surface area contributed by atoms with Gasteiger partial charge in [-0.15, -0.1) is 0 Å². The molecule has 0 saturated carbocycles. The number of rotatable bonds is 3. The minimum Gasteiger partial charge on any atom is -0.497 e. The van der Waals surface area contributed by atoms with Crippen molar-refractivity contribution in [2.45, 2.75) is 23.8 Å². The summed E-state index contributed by atoms with van der Waals surface area (Å²) in [5, 5.41) is 3.59. The molecule has 106 valence electrons. The van der Waals surface area contributed by atoms with Crippen LogP contribution in [-0.4, -0.2) is 49.5 Å². The fourth-order valence-corrected chi connectivity index (χ4v) is 6.53. The number of hydrogen-bond donors (Lipinski definition) is 1. The van der Waals surface area contributed by atoms with Crippen LogP contribution in [0.25, 0.3) is 0 Å². The van der Waals surface area contributed by atoms with Crippen molar-refractivity contribution >= 4 is 15.7 Å². The van der Waals surface area contributed by atoms with E-state index in [-0.39, 0.29) is 0 Å². The summed E-state index contributed by atoms with van der Waals surface area (Å²) >= 11 is 0. The van der Waals surface area contributed by atoms with Gasteiger partial charge in [-0.05, 0) is 56.6 Å². The maximum Gasteiger partial charge on any atom is 0.120 e. The van der Waals surface area contributed by atoms with Gasteiger partial charge in [-0.3, -0.25) is 0 Å². The first-order chi connectivity index (χ1) is 9.12. The van der Waals surface area contributed by atoms with E-state index in [2.05, 4.69) is 41.7 Å². The third-order valence-corrected chi connectivity index (χ3v) is 7.83. The second-order valence-corrected chi connectivity index (χ2v) is 9.51. The Labute approximate surface area is 117 Å². The molecule has 3 nitrogen and oxygen atoms in total. The van der Waals surface area contributed by atoms with E-state index in [0.717, 1.165) is 17.7 Å². The van der Waals surface area contributed by atoms with Crippen LogP contribution in [0.2, 0.25) is 0 Å². The predicted molar refractivity (Wildman–Crippen MR) is 83.8 cm³/mol. The number of ether oxygens (including phenoxy) is 1. The van der Waals surface area contributed by atoms with Gasteiger partial charge in [0.1, 0.15) is 5.75 Å². The molecular formula is C15H24N2OS. The number of fused-ring (bicyclic) bond motifs is 1. The lowest BCUT2D eigenvalue weighted by Gasteiger charge is -2.36. The second kappa shape index (κ2) is 4.91. The van der Waals surface area contributed by atoms with Gasteiger partial charge in [-0.2, -0.15) is 10.0 Å². The summed E-state index contributed by atoms with van der Waals surface area (Å²) in [4.78, 5) is 4.04. The first-order valence-electron chi connectivity index (χ1n) is 6.98. The van der Waals surface area contributed by atoms with E-state index in [4.69, 9.17) is 4.74 Å². The molecular weight excluding hydrogens is 256 g/mol. The van der Waals surface area contributed by atoms with Gasteiger partial charge in [-0.1, -0.05) is 0 Å². The number of nitrogens with one attached hydrogen (secondary N) is 1. The lowest BCUT2D eigenvalue weighted by atomic mass is 10.2. The van der Waals surface area contributed by atoms with Crippen LogP contribution in [-0.2, 0) is 0 Å². The molecule has 0 aliphatic carbocycles. The fraction of sp³-hybridized carbons (Fsp3) is 0.600. The van der Waals surface area contributed by atoms with Gasteiger partial charge < -0.3 is 15.0 Å². The average molecular weight is 280 g/mol. The Balaban J connectivity index is 1.86. The van der Waals surface area contributed by atoms with Crippen LogP contribution in [0.1, 0.15) is 12.8 Å². The summed E-state index contributed by atoms with van der Waals surface area (Å²) < 4.78 is 5.40. The van der Waals surface area contributed by atoms with Crippen molar-refractivity contribution in [3.63, 3.8) is 0 Å². The Morgan fingerprint density at radius 1 is 1.47 bits per heavy atom. The zero-order valence-electron chi connectivity index (χ0n) is 12.1. The maximum atomic E-state index is 5.40. The Morgan fingerprint density at radius 3 is 3.00 bits per heavy atom. The van der Waals surface area contributed by atoms with Crippen molar-refractivity contribution in [2.24, 2.45) is 0 Å². The van der Waals surface area contributed by atoms with Crippen molar-refractivity contribution in [1.29, 1.82) is 0 Å². The molecule has 2 aliphatic heterocycles. The van der Waals surface area contributed by atoms with Gasteiger partial charge in [0, 0.05) is 22.5 Å². The Morgan fingerprint density at radius 2 is 2.32 bits per heavy atom. The first kappa shape index (κ1) is 13.1. The minimum atomic E-state index is -0.745. The molecule has 1 aromatic carbocycles. The van der Waals surface area contributed by atoms with E-state index in [1.54, 1.807) is 7.11 Å². The summed E-state index contributed by atoms with van der Waals surface area (Å²) in [5.41, 5.74) is 1.32. The van der Waals surface area contributed by atoms with E-state index in [0.29, 0.717) is 0 Å². The molecule has 3 rings (SSSR count). The monoisotopic (exact) mass is 280 g/mol. The van der Waals surface area contributed by atoms with E-state index in [1.807, 2.05) is 0 Å². The van der Waals surface area contributed by atoms with Gasteiger partial charge in [0.25, 0.3) is 0 Å². The highest BCUT2D eigenvalue weighted by Crippen LogP contribution is 2.61. The molecule has 1 aromatic rings. The highest BCUT2D eigenvalue weighted by molar-refractivity contribution is 8.33. The highest BCUT2D eigenvalue weighted by atomic mass is 32.3. The van der Waals surface area contributed by atoms with Crippen LogP contribution in [0.5, 0.6) is 5.75 Å². The molecule has 0 amide bonds. The minimum absolute atomic E-state index is 0.745. The Kier molecular flexibility index (Phi) is 3.39. The van der Waals surface area contributed by atoms with Crippen molar-refractivity contribution in [3.8, 4) is 5.75 Å². The van der Waals surface area contributed by atoms with Gasteiger partial charge in [0.15, 0.2) is 0 Å². The zero-order valence-corrected chi connectivity index (χ0v) is 12.9. The molecule has 0 radical (unpaired) electrons. The van der Waals surface area contributed by atoms with Crippen molar-refractivity contribution in [1.82, 2.24) is 4.90 Å². The summed E-state index contributed by atoms with van der Waals surface area (Å²) in [6.07, 6.45) is 5.19. The number of methoxy groups -OCH3 is 1. The van der Waals surface area contributed by atoms with Crippen LogP contribution < -0.4 is 10.1 Å². The second-order valence-electron chi connectivity index (χ2n) is 5.90. The van der Waals surface area contributed by atoms with Crippen LogP contribution in [0.15, 0.2) is 23.1 Å². The molecule has 4 heteroatoms. The SMILES string of the molecule is COc1ccc2c(c1)S(C)(C[C@H]1CCCN1C)CN2. The summed E-state index contributed by atoms with van der Waals surface area (Å²) in [6, 6.07) is 7.24. The number of anilines is 1. The molecule has 1 N–H and O–H groups in total. The van der Waals surface area contributed by atoms with Crippen molar-refractivity contribution in [3.05, 3.63) is 18.2 Å². The topological polar surface area (TPSA) is 24.5 Å². The van der Waals surface area contributed by atoms with E-state index in [9.17, 15) is 0 Å². The highest BCUT2D eigenvalue weighted by Gasteiger charge is 2.34. The molecule has 2 atom stereocenters. The van der Waals surface area contributed by atoms with Gasteiger partial charge in [-0.25, -0.2) is 0 Å². The molecule has 2 aliphatic rings. The number of hydrogen-bond acceptors (Lipinski definition) is 3. The standard InChI is InChI=1S/C15H24N2OS/c1-17-8-4-5-12(17)10-19(3)11-16-14-7-6-13(18-2)9-15(14)19/h6-7,9,12,16H,4-5,8,10-11H2,1-3H3/t12-/m1/s1. The Hall–Kier alpha value is -0.870. The lowest BCUT2D eigenvalue weighted by molar-refractivity contribution is 0.334. The van der Waals surface area contributed by atoms with Crippen molar-refractivity contribution < 1.29 is 4.74 Å². The van der Waals surface area contributed by atoms with E-state index < -0.39 is 10.0 Å². The van der Waals surface area contributed by atoms with Crippen LogP contribution in [0.4, 0.5) is 5.69 Å². The fourth-order valence-electron chi connectivity index (χ4n) is 3.26. The third kappa shape index (κ3) is 2.32.